The van der Waals surface area contributed by atoms with E-state index in [2.05, 4.69) is 25.3 Å². The standard InChI is InChI=1S/C29H26F3N5O5/c30-22-7-6-17(11-25(22)41-20-4-2-1-3-5-20)27(39)35-15-26(38)37-16-21(42-29(31)32)12-24(37)28(40)34-14-19-10-18-13-33-9-8-23(18)36-19/h1-11,13,21,24,29,36H,12,14-16H2,(H,34,40)(H,35,39)/t21-,24+/m1/s1. The van der Waals surface area contributed by atoms with Crippen LogP contribution < -0.4 is 15.4 Å². The van der Waals surface area contributed by atoms with Crippen LogP contribution in [-0.4, -0.2) is 64.4 Å². The molecule has 3 amide bonds. The van der Waals surface area contributed by atoms with E-state index in [1.165, 1.54) is 12.1 Å². The van der Waals surface area contributed by atoms with Gasteiger partial charge in [-0.3, -0.25) is 19.4 Å². The Balaban J connectivity index is 1.22. The number of carbonyl (C=O) groups excluding carboxylic acids is 3. The van der Waals surface area contributed by atoms with Gasteiger partial charge >= 0.3 is 6.61 Å². The maximum absolute atomic E-state index is 14.3. The van der Waals surface area contributed by atoms with E-state index in [-0.39, 0.29) is 30.8 Å². The van der Waals surface area contributed by atoms with Crippen LogP contribution in [0.5, 0.6) is 11.5 Å². The average molecular weight is 582 g/mol. The van der Waals surface area contributed by atoms with Crippen LogP contribution in [0, 0.1) is 5.82 Å². The SMILES string of the molecule is O=C(NCC(=O)N1C[C@H](OC(F)F)C[C@H]1C(=O)NCc1cc2cnccc2[nH]1)c1ccc(F)c(Oc2ccccc2)c1. The van der Waals surface area contributed by atoms with Crippen molar-refractivity contribution >= 4 is 28.6 Å². The van der Waals surface area contributed by atoms with Crippen LogP contribution in [0.15, 0.2) is 73.1 Å². The Morgan fingerprint density at radius 1 is 1.07 bits per heavy atom. The molecule has 218 valence electrons. The van der Waals surface area contributed by atoms with Crippen molar-refractivity contribution in [3.63, 3.8) is 0 Å². The first-order chi connectivity index (χ1) is 20.3. The van der Waals surface area contributed by atoms with Gasteiger partial charge in [0.25, 0.3) is 5.91 Å². The number of carbonyl (C=O) groups is 3. The van der Waals surface area contributed by atoms with Crippen molar-refractivity contribution in [2.75, 3.05) is 13.1 Å². The number of hydrogen-bond donors (Lipinski definition) is 3. The third kappa shape index (κ3) is 6.86. The topological polar surface area (TPSA) is 126 Å². The zero-order valence-electron chi connectivity index (χ0n) is 22.1. The molecular formula is C29H26F3N5O5. The van der Waals surface area contributed by atoms with Gasteiger partial charge in [0.15, 0.2) is 11.6 Å². The van der Waals surface area contributed by atoms with Crippen molar-refractivity contribution in [2.45, 2.75) is 31.7 Å². The highest BCUT2D eigenvalue weighted by Gasteiger charge is 2.41. The summed E-state index contributed by atoms with van der Waals surface area (Å²) in [4.78, 5) is 47.2. The van der Waals surface area contributed by atoms with Crippen LogP contribution in [0.3, 0.4) is 0 Å². The number of para-hydroxylation sites is 1. The number of benzene rings is 2. The molecule has 1 fully saturated rings. The lowest BCUT2D eigenvalue weighted by atomic mass is 10.1. The van der Waals surface area contributed by atoms with E-state index in [4.69, 9.17) is 4.74 Å². The van der Waals surface area contributed by atoms with Crippen molar-refractivity contribution in [1.29, 1.82) is 0 Å². The number of alkyl halides is 2. The number of nitrogens with zero attached hydrogens (tertiary/aromatic N) is 2. The van der Waals surface area contributed by atoms with Gasteiger partial charge in [-0.15, -0.1) is 0 Å². The summed E-state index contributed by atoms with van der Waals surface area (Å²) in [7, 11) is 0. The summed E-state index contributed by atoms with van der Waals surface area (Å²) >= 11 is 0. The summed E-state index contributed by atoms with van der Waals surface area (Å²) in [6.07, 6.45) is 2.07. The van der Waals surface area contributed by atoms with Crippen molar-refractivity contribution < 1.29 is 37.0 Å². The monoisotopic (exact) mass is 581 g/mol. The molecule has 13 heteroatoms. The maximum Gasteiger partial charge on any atom is 0.345 e. The van der Waals surface area contributed by atoms with Gasteiger partial charge in [0.05, 0.1) is 19.2 Å². The smallest absolute Gasteiger partial charge is 0.345 e. The minimum atomic E-state index is -3.08. The maximum atomic E-state index is 14.3. The lowest BCUT2D eigenvalue weighted by molar-refractivity contribution is -0.160. The fourth-order valence-electron chi connectivity index (χ4n) is 4.69. The average Bonchev–Trinajstić information content (AvgIpc) is 3.60. The number of halogens is 3. The molecule has 0 saturated carbocycles. The van der Waals surface area contributed by atoms with E-state index >= 15 is 0 Å². The number of ether oxygens (including phenoxy) is 2. The minimum Gasteiger partial charge on any atom is -0.454 e. The third-order valence-electron chi connectivity index (χ3n) is 6.68. The fraction of sp³-hybridized carbons (Fsp3) is 0.241. The minimum absolute atomic E-state index is 0.0262. The molecule has 0 unspecified atom stereocenters. The summed E-state index contributed by atoms with van der Waals surface area (Å²) in [5.41, 5.74) is 1.54. The Morgan fingerprint density at radius 3 is 2.64 bits per heavy atom. The molecular weight excluding hydrogens is 555 g/mol. The second-order valence-corrected chi connectivity index (χ2v) is 9.53. The second kappa shape index (κ2) is 12.7. The first kappa shape index (κ1) is 28.6. The van der Waals surface area contributed by atoms with E-state index < -0.39 is 48.8 Å². The number of fused-ring (bicyclic) bond motifs is 1. The van der Waals surface area contributed by atoms with E-state index in [1.54, 1.807) is 48.8 Å². The molecule has 1 aliphatic rings. The summed E-state index contributed by atoms with van der Waals surface area (Å²) in [5.74, 6) is -2.45. The first-order valence-corrected chi connectivity index (χ1v) is 13.0. The number of aromatic nitrogens is 2. The number of nitrogens with one attached hydrogen (secondary N) is 3. The largest absolute Gasteiger partial charge is 0.454 e. The number of pyridine rings is 1. The van der Waals surface area contributed by atoms with Gasteiger partial charge < -0.3 is 30.0 Å². The molecule has 0 spiro atoms. The van der Waals surface area contributed by atoms with Crippen molar-refractivity contribution in [1.82, 2.24) is 25.5 Å². The van der Waals surface area contributed by atoms with Gasteiger partial charge in [0.1, 0.15) is 11.8 Å². The highest BCUT2D eigenvalue weighted by molar-refractivity contribution is 5.97. The number of aromatic amines is 1. The predicted octanol–water partition coefficient (Wildman–Crippen LogP) is 3.75. The van der Waals surface area contributed by atoms with Gasteiger partial charge in [-0.1, -0.05) is 18.2 Å². The van der Waals surface area contributed by atoms with E-state index in [0.717, 1.165) is 21.9 Å². The Hall–Kier alpha value is -4.91. The van der Waals surface area contributed by atoms with Gasteiger partial charge in [-0.2, -0.15) is 8.78 Å². The number of likely N-dealkylation sites (tertiary alicyclic amines) is 1. The van der Waals surface area contributed by atoms with Crippen LogP contribution in [0.1, 0.15) is 22.5 Å². The Bertz CT molecular complexity index is 1550. The summed E-state index contributed by atoms with van der Waals surface area (Å²) in [6, 6.07) is 14.4. The second-order valence-electron chi connectivity index (χ2n) is 9.53. The highest BCUT2D eigenvalue weighted by atomic mass is 19.3. The van der Waals surface area contributed by atoms with Crippen molar-refractivity contribution in [2.24, 2.45) is 0 Å². The lowest BCUT2D eigenvalue weighted by Gasteiger charge is -2.24. The molecule has 2 atom stereocenters. The fourth-order valence-corrected chi connectivity index (χ4v) is 4.69. The van der Waals surface area contributed by atoms with Crippen LogP contribution in [0.4, 0.5) is 13.2 Å². The van der Waals surface area contributed by atoms with Crippen LogP contribution >= 0.6 is 0 Å². The number of rotatable bonds is 10. The van der Waals surface area contributed by atoms with Crippen molar-refractivity contribution in [3.05, 3.63) is 90.1 Å². The number of H-pyrrole nitrogens is 1. The summed E-state index contributed by atoms with van der Waals surface area (Å²) in [6.45, 7) is -3.79. The summed E-state index contributed by atoms with van der Waals surface area (Å²) < 4.78 is 50.2. The molecule has 1 aliphatic heterocycles. The lowest BCUT2D eigenvalue weighted by Crippen LogP contribution is -2.49. The van der Waals surface area contributed by atoms with Crippen LogP contribution in [0.2, 0.25) is 0 Å². The predicted molar refractivity (Wildman–Crippen MR) is 144 cm³/mol. The third-order valence-corrected chi connectivity index (χ3v) is 6.68. The molecule has 4 aromatic rings. The number of amides is 3. The Labute approximate surface area is 237 Å². The molecule has 0 bridgehead atoms. The van der Waals surface area contributed by atoms with Crippen molar-refractivity contribution in [3.8, 4) is 11.5 Å². The van der Waals surface area contributed by atoms with Crippen LogP contribution in [0.25, 0.3) is 10.9 Å². The van der Waals surface area contributed by atoms with Gasteiger partial charge in [-0.25, -0.2) is 4.39 Å². The molecule has 3 heterocycles. The Morgan fingerprint density at radius 2 is 1.88 bits per heavy atom. The van der Waals surface area contributed by atoms with Crippen LogP contribution in [-0.2, 0) is 20.9 Å². The zero-order valence-corrected chi connectivity index (χ0v) is 22.1. The zero-order chi connectivity index (χ0) is 29.6. The molecule has 2 aromatic heterocycles. The van der Waals surface area contributed by atoms with E-state index in [9.17, 15) is 27.6 Å². The van der Waals surface area contributed by atoms with Gasteiger partial charge in [0, 0.05) is 47.5 Å². The quantitative estimate of drug-likeness (QED) is 0.262. The van der Waals surface area contributed by atoms with E-state index in [0.29, 0.717) is 11.4 Å². The molecule has 2 aromatic carbocycles. The molecule has 42 heavy (non-hydrogen) atoms. The molecule has 5 rings (SSSR count). The van der Waals surface area contributed by atoms with E-state index in [1.807, 2.05) is 6.07 Å². The van der Waals surface area contributed by atoms with Gasteiger partial charge in [0.2, 0.25) is 11.8 Å². The van der Waals surface area contributed by atoms with Gasteiger partial charge in [-0.05, 0) is 42.5 Å². The highest BCUT2D eigenvalue weighted by Crippen LogP contribution is 2.26. The summed E-state index contributed by atoms with van der Waals surface area (Å²) in [5, 5.41) is 6.00. The molecule has 3 N–H and O–H groups in total. The number of hydrogen-bond acceptors (Lipinski definition) is 6. The molecule has 0 radical (unpaired) electrons. The normalized spacial score (nSPS) is 16.5. The molecule has 1 saturated heterocycles. The molecule has 10 nitrogen and oxygen atoms in total. The Kier molecular flexibility index (Phi) is 8.67. The molecule has 0 aliphatic carbocycles. The first-order valence-electron chi connectivity index (χ1n) is 13.0.